The van der Waals surface area contributed by atoms with E-state index in [1.54, 1.807) is 0 Å². The van der Waals surface area contributed by atoms with Gasteiger partial charge in [0.25, 0.3) is 0 Å². The van der Waals surface area contributed by atoms with Crippen LogP contribution in [0.4, 0.5) is 0 Å². The maximum atomic E-state index is 2.12. The highest BCUT2D eigenvalue weighted by atomic mass is 13.4. The zero-order valence-electron chi connectivity index (χ0n) is 24.1. The average molecular weight is 373 g/mol. The van der Waals surface area contributed by atoms with E-state index in [4.69, 9.17) is 0 Å². The van der Waals surface area contributed by atoms with Crippen LogP contribution in [-0.4, -0.2) is 0 Å². The molecule has 0 aliphatic carbocycles. The summed E-state index contributed by atoms with van der Waals surface area (Å²) >= 11 is 0. The molecule has 0 N–H and O–H groups in total. The van der Waals surface area contributed by atoms with E-state index in [1.807, 2.05) is 111 Å². The SMILES string of the molecule is CC.CC.CC.CC.CC.CC.CC.CC.CCC.CCC.CCC. The first-order valence-electron chi connectivity index (χ1n) is 12.2. The van der Waals surface area contributed by atoms with E-state index in [0.717, 1.165) is 0 Å². The van der Waals surface area contributed by atoms with Gasteiger partial charge in [-0.2, -0.15) is 0 Å². The lowest BCUT2D eigenvalue weighted by Gasteiger charge is -1.48. The normalized spacial score (nSPS) is 4.08. The predicted octanol–water partition coefficient (Wildman–Crippen LogP) is 12.5. The molecule has 0 aliphatic heterocycles. The lowest BCUT2D eigenvalue weighted by Crippen LogP contribution is -1.27. The van der Waals surface area contributed by atoms with Crippen molar-refractivity contribution in [1.29, 1.82) is 0 Å². The maximum absolute atomic E-state index is 2.12. The quantitative estimate of drug-likeness (QED) is 0.396. The van der Waals surface area contributed by atoms with Crippen molar-refractivity contribution in [3.63, 3.8) is 0 Å². The first-order valence-corrected chi connectivity index (χ1v) is 12.2. The maximum Gasteiger partial charge on any atom is -0.0590 e. The summed E-state index contributed by atoms with van der Waals surface area (Å²) < 4.78 is 0. The van der Waals surface area contributed by atoms with Crippen LogP contribution in [0.15, 0.2) is 0 Å². The highest BCUT2D eigenvalue weighted by molar-refractivity contribution is 3.92. The van der Waals surface area contributed by atoms with Crippen LogP contribution < -0.4 is 0 Å². The molecule has 0 heteroatoms. The lowest BCUT2D eigenvalue weighted by atomic mass is 10.6. The molecule has 0 aliphatic rings. The Bertz CT molecular complexity index is 4.75. The van der Waals surface area contributed by atoms with Crippen LogP contribution >= 0.6 is 0 Å². The Balaban J connectivity index is -0.00000000965. The zero-order chi connectivity index (χ0) is 24.1. The number of rotatable bonds is 0. The molecular formula is C25H72. The standard InChI is InChI=1S/3C3H8.8C2H6/c3*1-3-2;8*1-2/h3*3H2,1-2H3;8*1-2H3. The molecule has 0 spiro atoms. The van der Waals surface area contributed by atoms with Gasteiger partial charge in [-0.15, -0.1) is 0 Å². The molecule has 0 aromatic rings. The summed E-state index contributed by atoms with van der Waals surface area (Å²) in [6.07, 6.45) is 3.75. The van der Waals surface area contributed by atoms with Gasteiger partial charge in [0.05, 0.1) is 0 Å². The second-order valence-electron chi connectivity index (χ2n) is 2.12. The Hall–Kier alpha value is 0. The van der Waals surface area contributed by atoms with Crippen molar-refractivity contribution in [2.75, 3.05) is 0 Å². The molecule has 0 nitrogen and oxygen atoms in total. The van der Waals surface area contributed by atoms with Gasteiger partial charge < -0.3 is 0 Å². The fourth-order valence-corrected chi connectivity index (χ4v) is 0. The zero-order valence-corrected chi connectivity index (χ0v) is 24.1. The molecule has 0 unspecified atom stereocenters. The molecule has 0 amide bonds. The van der Waals surface area contributed by atoms with Crippen LogP contribution in [0.2, 0.25) is 0 Å². The minimum absolute atomic E-state index is 1.25. The Morgan fingerprint density at radius 1 is 0.200 bits per heavy atom. The smallest absolute Gasteiger partial charge is 0.0590 e. The van der Waals surface area contributed by atoms with E-state index in [-0.39, 0.29) is 0 Å². The van der Waals surface area contributed by atoms with Crippen molar-refractivity contribution in [2.45, 2.75) is 172 Å². The van der Waals surface area contributed by atoms with Gasteiger partial charge in [-0.1, -0.05) is 172 Å². The summed E-state index contributed by atoms with van der Waals surface area (Å²) in [6.45, 7) is 44.8. The monoisotopic (exact) mass is 373 g/mol. The highest BCUT2D eigenvalue weighted by Crippen LogP contribution is 1.56. The Labute approximate surface area is 172 Å². The van der Waals surface area contributed by atoms with E-state index in [1.165, 1.54) is 19.3 Å². The molecule has 0 aromatic carbocycles. The van der Waals surface area contributed by atoms with Crippen molar-refractivity contribution >= 4 is 0 Å². The summed E-state index contributed by atoms with van der Waals surface area (Å²) in [7, 11) is 0. The van der Waals surface area contributed by atoms with Crippen LogP contribution in [0.3, 0.4) is 0 Å². The molecule has 0 atom stereocenters. The van der Waals surface area contributed by atoms with Crippen molar-refractivity contribution in [2.24, 2.45) is 0 Å². The van der Waals surface area contributed by atoms with Gasteiger partial charge in [0.15, 0.2) is 0 Å². The van der Waals surface area contributed by atoms with Gasteiger partial charge in [-0.05, 0) is 0 Å². The molecule has 25 heavy (non-hydrogen) atoms. The largest absolute Gasteiger partial charge is 0.0683 e. The van der Waals surface area contributed by atoms with Gasteiger partial charge in [-0.25, -0.2) is 0 Å². The van der Waals surface area contributed by atoms with Gasteiger partial charge in [0.1, 0.15) is 0 Å². The molecule has 0 heterocycles. The minimum atomic E-state index is 1.25. The van der Waals surface area contributed by atoms with Crippen LogP contribution in [0.5, 0.6) is 0 Å². The molecule has 0 rings (SSSR count). The predicted molar refractivity (Wildman–Crippen MR) is 139 cm³/mol. The molecule has 0 saturated heterocycles. The van der Waals surface area contributed by atoms with E-state index in [0.29, 0.717) is 0 Å². The van der Waals surface area contributed by atoms with Crippen molar-refractivity contribution in [3.05, 3.63) is 0 Å². The summed E-state index contributed by atoms with van der Waals surface area (Å²) in [6, 6.07) is 0. The minimum Gasteiger partial charge on any atom is -0.0683 e. The topological polar surface area (TPSA) is 0 Å². The molecule has 0 fully saturated rings. The van der Waals surface area contributed by atoms with Gasteiger partial charge >= 0.3 is 0 Å². The van der Waals surface area contributed by atoms with Crippen molar-refractivity contribution < 1.29 is 0 Å². The first kappa shape index (κ1) is 73.5. The Morgan fingerprint density at radius 2 is 0.200 bits per heavy atom. The van der Waals surface area contributed by atoms with Crippen LogP contribution in [0, 0.1) is 0 Å². The number of hydrogen-bond donors (Lipinski definition) is 0. The molecular weight excluding hydrogens is 300 g/mol. The highest BCUT2D eigenvalue weighted by Gasteiger charge is 1.36. The van der Waals surface area contributed by atoms with E-state index >= 15 is 0 Å². The van der Waals surface area contributed by atoms with Gasteiger partial charge in [-0.3, -0.25) is 0 Å². The number of hydrogen-bond acceptors (Lipinski definition) is 0. The Kier molecular flexibility index (Phi) is 4150. The second kappa shape index (κ2) is 1410. The molecule has 172 valence electrons. The van der Waals surface area contributed by atoms with E-state index < -0.39 is 0 Å². The van der Waals surface area contributed by atoms with Crippen LogP contribution in [-0.2, 0) is 0 Å². The fourth-order valence-electron chi connectivity index (χ4n) is 0. The first-order chi connectivity index (χ1) is 12.2. The summed E-state index contributed by atoms with van der Waals surface area (Å²) in [5, 5.41) is 0. The summed E-state index contributed by atoms with van der Waals surface area (Å²) in [5.74, 6) is 0. The van der Waals surface area contributed by atoms with Crippen molar-refractivity contribution in [1.82, 2.24) is 0 Å². The van der Waals surface area contributed by atoms with E-state index in [9.17, 15) is 0 Å². The van der Waals surface area contributed by atoms with E-state index in [2.05, 4.69) is 41.5 Å². The third kappa shape index (κ3) is 0. The van der Waals surface area contributed by atoms with Crippen molar-refractivity contribution in [3.8, 4) is 0 Å². The van der Waals surface area contributed by atoms with Crippen LogP contribution in [0.25, 0.3) is 0 Å². The molecule has 0 bridgehead atoms. The second-order valence-corrected chi connectivity index (χ2v) is 2.12. The third-order valence-corrected chi connectivity index (χ3v) is 0. The fraction of sp³-hybridized carbons (Fsp3) is 1.00. The Morgan fingerprint density at radius 3 is 0.200 bits per heavy atom. The van der Waals surface area contributed by atoms with Gasteiger partial charge in [0.2, 0.25) is 0 Å². The molecule has 0 saturated carbocycles. The molecule has 0 aromatic heterocycles. The lowest BCUT2D eigenvalue weighted by molar-refractivity contribution is 1.09. The third-order valence-electron chi connectivity index (χ3n) is 0. The van der Waals surface area contributed by atoms with Crippen LogP contribution in [0.1, 0.15) is 172 Å². The summed E-state index contributed by atoms with van der Waals surface area (Å²) in [5.41, 5.74) is 0. The average Bonchev–Trinajstić information content (AvgIpc) is 2.75. The van der Waals surface area contributed by atoms with Gasteiger partial charge in [0, 0.05) is 0 Å². The molecule has 0 radical (unpaired) electrons. The summed E-state index contributed by atoms with van der Waals surface area (Å²) in [4.78, 5) is 0.